The van der Waals surface area contributed by atoms with Crippen molar-refractivity contribution in [2.75, 3.05) is 45.7 Å². The highest BCUT2D eigenvalue weighted by atomic mass is 35.5. The highest BCUT2D eigenvalue weighted by Crippen LogP contribution is 2.05. The number of halogens is 1. The van der Waals surface area contributed by atoms with Crippen molar-refractivity contribution in [3.8, 4) is 0 Å². The van der Waals surface area contributed by atoms with E-state index >= 15 is 0 Å². The second kappa shape index (κ2) is 7.50. The third-order valence-corrected chi connectivity index (χ3v) is 3.16. The van der Waals surface area contributed by atoms with Crippen molar-refractivity contribution in [1.82, 2.24) is 15.1 Å². The number of carbonyl (C=O) groups is 2. The second-order valence-corrected chi connectivity index (χ2v) is 4.50. The number of amides is 2. The van der Waals surface area contributed by atoms with E-state index in [-0.39, 0.29) is 11.8 Å². The second-order valence-electron chi connectivity index (χ2n) is 4.12. The number of likely N-dealkylation sites (N-methyl/N-ethyl adjacent to an activating group) is 1. The van der Waals surface area contributed by atoms with E-state index in [1.165, 1.54) is 0 Å². The van der Waals surface area contributed by atoms with Gasteiger partial charge in [-0.25, -0.2) is 0 Å². The first kappa shape index (κ1) is 14.3. The Bertz CT molecular complexity index is 265. The molecule has 0 atom stereocenters. The predicted octanol–water partition coefficient (Wildman–Crippen LogP) is -0.104. The summed E-state index contributed by atoms with van der Waals surface area (Å²) in [7, 11) is 1.63. The van der Waals surface area contributed by atoms with E-state index in [9.17, 15) is 9.59 Å². The maximum atomic E-state index is 11.7. The van der Waals surface area contributed by atoms with Crippen LogP contribution in [-0.2, 0) is 9.59 Å². The molecule has 0 aliphatic carbocycles. The highest BCUT2D eigenvalue weighted by Gasteiger charge is 2.21. The van der Waals surface area contributed by atoms with Gasteiger partial charge in [0, 0.05) is 45.5 Å². The Hall–Kier alpha value is -0.810. The number of nitrogens with one attached hydrogen (secondary N) is 1. The lowest BCUT2D eigenvalue weighted by molar-refractivity contribution is -0.133. The Labute approximate surface area is 107 Å². The lowest BCUT2D eigenvalue weighted by Gasteiger charge is -2.34. The van der Waals surface area contributed by atoms with Crippen LogP contribution in [0.1, 0.15) is 12.8 Å². The Kier molecular flexibility index (Phi) is 6.29. The summed E-state index contributed by atoms with van der Waals surface area (Å²) >= 11 is 5.56. The molecule has 1 heterocycles. The minimum Gasteiger partial charge on any atom is -0.358 e. The molecule has 1 aliphatic heterocycles. The summed E-state index contributed by atoms with van der Waals surface area (Å²) in [5, 5.41) is 2.60. The van der Waals surface area contributed by atoms with Crippen LogP contribution in [0.25, 0.3) is 0 Å². The molecule has 1 N–H and O–H groups in total. The molecule has 0 radical (unpaired) electrons. The maximum Gasteiger partial charge on any atom is 0.233 e. The van der Waals surface area contributed by atoms with Crippen molar-refractivity contribution in [3.05, 3.63) is 0 Å². The summed E-state index contributed by atoms with van der Waals surface area (Å²) < 4.78 is 0. The van der Waals surface area contributed by atoms with Gasteiger partial charge in [0.15, 0.2) is 0 Å². The van der Waals surface area contributed by atoms with Gasteiger partial charge in [0.25, 0.3) is 0 Å². The molecule has 6 heteroatoms. The van der Waals surface area contributed by atoms with Crippen molar-refractivity contribution >= 4 is 23.4 Å². The number of alkyl halides is 1. The molecule has 1 rings (SSSR count). The monoisotopic (exact) mass is 261 g/mol. The topological polar surface area (TPSA) is 52.7 Å². The summed E-state index contributed by atoms with van der Waals surface area (Å²) in [4.78, 5) is 26.8. The smallest absolute Gasteiger partial charge is 0.233 e. The molecule has 5 nitrogen and oxygen atoms in total. The third-order valence-electron chi connectivity index (χ3n) is 2.90. The van der Waals surface area contributed by atoms with Crippen LogP contribution in [-0.4, -0.2) is 67.3 Å². The normalized spacial score (nSPS) is 16.9. The van der Waals surface area contributed by atoms with Crippen LogP contribution in [0.2, 0.25) is 0 Å². The number of piperazine rings is 1. The van der Waals surface area contributed by atoms with E-state index in [1.54, 1.807) is 7.05 Å². The van der Waals surface area contributed by atoms with E-state index in [1.807, 2.05) is 4.90 Å². The predicted molar refractivity (Wildman–Crippen MR) is 67.0 cm³/mol. The van der Waals surface area contributed by atoms with Crippen LogP contribution in [0.15, 0.2) is 0 Å². The van der Waals surface area contributed by atoms with Crippen LogP contribution in [0, 0.1) is 0 Å². The van der Waals surface area contributed by atoms with Crippen molar-refractivity contribution in [2.24, 2.45) is 0 Å². The number of rotatable bonds is 5. The molecule has 0 spiro atoms. The van der Waals surface area contributed by atoms with Gasteiger partial charge in [-0.05, 0) is 6.42 Å². The zero-order chi connectivity index (χ0) is 12.7. The fourth-order valence-corrected chi connectivity index (χ4v) is 1.95. The molecule has 1 saturated heterocycles. The summed E-state index contributed by atoms with van der Waals surface area (Å²) in [6.45, 7) is 3.36. The Morgan fingerprint density at radius 1 is 1.24 bits per heavy atom. The van der Waals surface area contributed by atoms with Crippen LogP contribution in [0.4, 0.5) is 0 Å². The Morgan fingerprint density at radius 2 is 1.88 bits per heavy atom. The van der Waals surface area contributed by atoms with Crippen molar-refractivity contribution in [2.45, 2.75) is 12.8 Å². The first-order chi connectivity index (χ1) is 8.17. The summed E-state index contributed by atoms with van der Waals surface area (Å²) in [5.41, 5.74) is 0. The van der Waals surface area contributed by atoms with E-state index < -0.39 is 0 Å². The summed E-state index contributed by atoms with van der Waals surface area (Å²) in [6.07, 6.45) is 1.26. The van der Waals surface area contributed by atoms with Crippen molar-refractivity contribution in [1.29, 1.82) is 0 Å². The van der Waals surface area contributed by atoms with Gasteiger partial charge in [-0.15, -0.1) is 11.6 Å². The van der Waals surface area contributed by atoms with Crippen LogP contribution >= 0.6 is 11.6 Å². The summed E-state index contributed by atoms with van der Waals surface area (Å²) in [5.74, 6) is 0.722. The molecule has 0 aromatic carbocycles. The standard InChI is InChI=1S/C11H20ClN3O2/c1-13-10(16)9-14-5-7-15(8-6-14)11(17)3-2-4-12/h2-9H2,1H3,(H,13,16). The fourth-order valence-electron chi connectivity index (χ4n) is 1.81. The number of nitrogens with zero attached hydrogens (tertiary/aromatic N) is 2. The third kappa shape index (κ3) is 4.91. The SMILES string of the molecule is CNC(=O)CN1CCN(C(=O)CCCCl)CC1. The first-order valence-electron chi connectivity index (χ1n) is 5.94. The van der Waals surface area contributed by atoms with Crippen molar-refractivity contribution in [3.63, 3.8) is 0 Å². The minimum absolute atomic E-state index is 0.0203. The van der Waals surface area contributed by atoms with Gasteiger partial charge < -0.3 is 10.2 Å². The molecule has 0 aromatic heterocycles. The molecule has 98 valence electrons. The molecule has 17 heavy (non-hydrogen) atoms. The minimum atomic E-state index is 0.0203. The van der Waals surface area contributed by atoms with Crippen LogP contribution in [0.5, 0.6) is 0 Å². The lowest BCUT2D eigenvalue weighted by atomic mass is 10.2. The van der Waals surface area contributed by atoms with Gasteiger partial charge in [-0.1, -0.05) is 0 Å². The quantitative estimate of drug-likeness (QED) is 0.703. The molecule has 1 aliphatic rings. The average molecular weight is 262 g/mol. The van der Waals surface area contributed by atoms with Crippen molar-refractivity contribution < 1.29 is 9.59 Å². The Balaban J connectivity index is 2.25. The van der Waals surface area contributed by atoms with E-state index in [0.717, 1.165) is 19.5 Å². The number of carbonyl (C=O) groups excluding carboxylic acids is 2. The van der Waals surface area contributed by atoms with E-state index in [2.05, 4.69) is 10.2 Å². The zero-order valence-corrected chi connectivity index (χ0v) is 11.0. The molecule has 1 fully saturated rings. The molecule has 2 amide bonds. The largest absolute Gasteiger partial charge is 0.358 e. The van der Waals surface area contributed by atoms with Gasteiger partial charge in [0.05, 0.1) is 6.54 Å². The Morgan fingerprint density at radius 3 is 2.41 bits per heavy atom. The maximum absolute atomic E-state index is 11.7. The molecule has 0 aromatic rings. The molecule has 0 saturated carbocycles. The lowest BCUT2D eigenvalue weighted by Crippen LogP contribution is -2.50. The van der Waals surface area contributed by atoms with Gasteiger partial charge in [0.2, 0.25) is 11.8 Å². The average Bonchev–Trinajstić information content (AvgIpc) is 2.36. The van der Waals surface area contributed by atoms with E-state index in [4.69, 9.17) is 11.6 Å². The molecular weight excluding hydrogens is 242 g/mol. The molecular formula is C11H20ClN3O2. The van der Waals surface area contributed by atoms with Crippen LogP contribution < -0.4 is 5.32 Å². The zero-order valence-electron chi connectivity index (χ0n) is 10.2. The fraction of sp³-hybridized carbons (Fsp3) is 0.818. The van der Waals surface area contributed by atoms with E-state index in [0.29, 0.717) is 31.9 Å². The van der Waals surface area contributed by atoms with Gasteiger partial charge in [-0.2, -0.15) is 0 Å². The van der Waals surface area contributed by atoms with Crippen LogP contribution in [0.3, 0.4) is 0 Å². The molecule has 0 bridgehead atoms. The highest BCUT2D eigenvalue weighted by molar-refractivity contribution is 6.17. The van der Waals surface area contributed by atoms with Gasteiger partial charge in [0.1, 0.15) is 0 Å². The van der Waals surface area contributed by atoms with Gasteiger partial charge in [-0.3, -0.25) is 14.5 Å². The summed E-state index contributed by atoms with van der Waals surface area (Å²) in [6, 6.07) is 0. The first-order valence-corrected chi connectivity index (χ1v) is 6.47. The number of hydrogen-bond acceptors (Lipinski definition) is 3. The van der Waals surface area contributed by atoms with Gasteiger partial charge >= 0.3 is 0 Å². The number of hydrogen-bond donors (Lipinski definition) is 1. The molecule has 0 unspecified atom stereocenters.